The molecule has 2 aromatic carbocycles. The number of anilines is 1. The van der Waals surface area contributed by atoms with Crippen LogP contribution in [0, 0.1) is 11.6 Å². The summed E-state index contributed by atoms with van der Waals surface area (Å²) >= 11 is 5.71. The van der Waals surface area contributed by atoms with Gasteiger partial charge in [-0.05, 0) is 36.4 Å². The summed E-state index contributed by atoms with van der Waals surface area (Å²) in [5.74, 6) is -4.94. The Balaban J connectivity index is 1.78. The molecular weight excluding hydrogens is 410 g/mol. The number of carboxylic acids is 1. The molecule has 1 aromatic heterocycles. The van der Waals surface area contributed by atoms with Crippen molar-refractivity contribution in [3.8, 4) is 11.3 Å². The average molecular weight is 421 g/mol. The molecule has 3 aromatic rings. The summed E-state index contributed by atoms with van der Waals surface area (Å²) in [6, 6.07) is 9.16. The minimum atomic E-state index is -1.29. The normalized spacial score (nSPS) is 10.4. The lowest BCUT2D eigenvalue weighted by atomic mass is 10.1. The van der Waals surface area contributed by atoms with E-state index in [1.54, 1.807) is 18.2 Å². The molecule has 3 N–H and O–H groups in total. The quantitative estimate of drug-likeness (QED) is 0.537. The van der Waals surface area contributed by atoms with E-state index >= 15 is 0 Å². The smallest absolute Gasteiger partial charge is 0.371 e. The molecule has 0 spiro atoms. The van der Waals surface area contributed by atoms with Gasteiger partial charge >= 0.3 is 12.0 Å². The number of nitrogens with one attached hydrogen (secondary N) is 2. The van der Waals surface area contributed by atoms with Crippen LogP contribution in [-0.4, -0.2) is 23.0 Å². The van der Waals surface area contributed by atoms with E-state index in [2.05, 4.69) is 5.32 Å². The van der Waals surface area contributed by atoms with Crippen molar-refractivity contribution in [2.75, 3.05) is 5.32 Å². The van der Waals surface area contributed by atoms with E-state index in [0.717, 1.165) is 0 Å². The van der Waals surface area contributed by atoms with E-state index < -0.39 is 35.1 Å². The standard InChI is InChI=1S/C19H11ClF2N2O5/c20-11-8-13(22)12(21)7-10(11)17(25)24-19(28)23-14-4-2-1-3-9(14)15-5-6-16(29-15)18(26)27/h1-8H,(H,26,27)(H2,23,24,25,28). The maximum atomic E-state index is 13.3. The van der Waals surface area contributed by atoms with Crippen molar-refractivity contribution in [1.29, 1.82) is 0 Å². The van der Waals surface area contributed by atoms with E-state index in [9.17, 15) is 23.2 Å². The molecule has 0 fully saturated rings. The van der Waals surface area contributed by atoms with Crippen LogP contribution in [0.5, 0.6) is 0 Å². The third kappa shape index (κ3) is 4.41. The lowest BCUT2D eigenvalue weighted by Crippen LogP contribution is -2.34. The highest BCUT2D eigenvalue weighted by atomic mass is 35.5. The third-order valence-electron chi connectivity index (χ3n) is 3.74. The topological polar surface area (TPSA) is 109 Å². The van der Waals surface area contributed by atoms with Crippen molar-refractivity contribution in [2.24, 2.45) is 0 Å². The van der Waals surface area contributed by atoms with E-state index in [1.807, 2.05) is 5.32 Å². The number of benzene rings is 2. The molecular formula is C19H11ClF2N2O5. The zero-order valence-corrected chi connectivity index (χ0v) is 15.1. The van der Waals surface area contributed by atoms with E-state index in [0.29, 0.717) is 17.7 Å². The second-order valence-electron chi connectivity index (χ2n) is 5.67. The van der Waals surface area contributed by atoms with Gasteiger partial charge in [0.25, 0.3) is 5.91 Å². The second-order valence-corrected chi connectivity index (χ2v) is 6.08. The van der Waals surface area contributed by atoms with Gasteiger partial charge in [-0.25, -0.2) is 18.4 Å². The first kappa shape index (κ1) is 20.0. The van der Waals surface area contributed by atoms with Gasteiger partial charge < -0.3 is 14.8 Å². The van der Waals surface area contributed by atoms with Crippen LogP contribution in [-0.2, 0) is 0 Å². The average Bonchev–Trinajstić information content (AvgIpc) is 3.15. The number of rotatable bonds is 4. The number of aromatic carboxylic acids is 1. The van der Waals surface area contributed by atoms with Gasteiger partial charge in [-0.15, -0.1) is 0 Å². The van der Waals surface area contributed by atoms with Crippen molar-refractivity contribution >= 4 is 35.2 Å². The van der Waals surface area contributed by atoms with E-state index in [1.165, 1.54) is 18.2 Å². The van der Waals surface area contributed by atoms with Crippen LogP contribution in [0.15, 0.2) is 52.9 Å². The molecule has 1 heterocycles. The van der Waals surface area contributed by atoms with Crippen LogP contribution in [0.3, 0.4) is 0 Å². The number of para-hydroxylation sites is 1. The van der Waals surface area contributed by atoms with Crippen molar-refractivity contribution in [1.82, 2.24) is 5.32 Å². The number of amides is 3. The maximum Gasteiger partial charge on any atom is 0.371 e. The lowest BCUT2D eigenvalue weighted by Gasteiger charge is -2.11. The number of carbonyl (C=O) groups excluding carboxylic acids is 2. The number of carbonyl (C=O) groups is 3. The third-order valence-corrected chi connectivity index (χ3v) is 4.05. The summed E-state index contributed by atoms with van der Waals surface area (Å²) in [6.45, 7) is 0. The Morgan fingerprint density at radius 3 is 2.38 bits per heavy atom. The maximum absolute atomic E-state index is 13.3. The molecule has 0 radical (unpaired) electrons. The Bertz CT molecular complexity index is 1130. The molecule has 148 valence electrons. The fraction of sp³-hybridized carbons (Fsp3) is 0. The fourth-order valence-corrected chi connectivity index (χ4v) is 2.66. The Kier molecular flexibility index (Phi) is 5.60. The van der Waals surface area contributed by atoms with Gasteiger partial charge in [0.05, 0.1) is 16.3 Å². The van der Waals surface area contributed by atoms with E-state index in [4.69, 9.17) is 21.1 Å². The van der Waals surface area contributed by atoms with Crippen LogP contribution < -0.4 is 10.6 Å². The van der Waals surface area contributed by atoms with Crippen LogP contribution in [0.4, 0.5) is 19.3 Å². The largest absolute Gasteiger partial charge is 0.475 e. The SMILES string of the molecule is O=C(NC(=O)c1cc(F)c(F)cc1Cl)Nc1ccccc1-c1ccc(C(=O)O)o1. The molecule has 3 amide bonds. The predicted molar refractivity (Wildman–Crippen MR) is 99.0 cm³/mol. The van der Waals surface area contributed by atoms with Gasteiger partial charge in [0.2, 0.25) is 5.76 Å². The van der Waals surface area contributed by atoms with Crippen LogP contribution in [0.1, 0.15) is 20.9 Å². The number of hydrogen-bond acceptors (Lipinski definition) is 4. The molecule has 3 rings (SSSR count). The first-order valence-electron chi connectivity index (χ1n) is 7.95. The zero-order chi connectivity index (χ0) is 21.1. The second kappa shape index (κ2) is 8.11. The van der Waals surface area contributed by atoms with Crippen LogP contribution in [0.2, 0.25) is 5.02 Å². The summed E-state index contributed by atoms with van der Waals surface area (Å²) in [5.41, 5.74) is 0.139. The number of carboxylic acid groups (broad SMARTS) is 1. The van der Waals surface area contributed by atoms with Crippen molar-refractivity contribution in [3.05, 3.63) is 76.5 Å². The first-order valence-corrected chi connectivity index (χ1v) is 8.33. The van der Waals surface area contributed by atoms with Crippen molar-refractivity contribution in [3.63, 3.8) is 0 Å². The molecule has 0 bridgehead atoms. The molecule has 0 aliphatic heterocycles. The minimum Gasteiger partial charge on any atom is -0.475 e. The molecule has 0 saturated heterocycles. The van der Waals surface area contributed by atoms with Gasteiger partial charge in [0.15, 0.2) is 11.6 Å². The zero-order valence-electron chi connectivity index (χ0n) is 14.3. The molecule has 0 saturated carbocycles. The summed E-state index contributed by atoms with van der Waals surface area (Å²) in [5, 5.41) is 12.9. The van der Waals surface area contributed by atoms with Gasteiger partial charge in [-0.3, -0.25) is 10.1 Å². The minimum absolute atomic E-state index is 0.174. The molecule has 7 nitrogen and oxygen atoms in total. The number of hydrogen-bond donors (Lipinski definition) is 3. The van der Waals surface area contributed by atoms with E-state index in [-0.39, 0.29) is 22.2 Å². The number of furan rings is 1. The molecule has 10 heteroatoms. The van der Waals surface area contributed by atoms with Crippen LogP contribution >= 0.6 is 11.6 Å². The lowest BCUT2D eigenvalue weighted by molar-refractivity contribution is 0.0663. The summed E-state index contributed by atoms with van der Waals surface area (Å²) in [7, 11) is 0. The van der Waals surface area contributed by atoms with Crippen molar-refractivity contribution < 1.29 is 32.7 Å². The number of halogens is 3. The molecule has 0 unspecified atom stereocenters. The highest BCUT2D eigenvalue weighted by Gasteiger charge is 2.19. The monoisotopic (exact) mass is 420 g/mol. The first-order chi connectivity index (χ1) is 13.8. The molecule has 0 aliphatic carbocycles. The summed E-state index contributed by atoms with van der Waals surface area (Å²) < 4.78 is 31.7. The van der Waals surface area contributed by atoms with Crippen LogP contribution in [0.25, 0.3) is 11.3 Å². The Morgan fingerprint density at radius 1 is 1.00 bits per heavy atom. The summed E-state index contributed by atoms with van der Waals surface area (Å²) in [6.07, 6.45) is 0. The predicted octanol–water partition coefficient (Wildman–Crippen LogP) is 4.54. The van der Waals surface area contributed by atoms with Gasteiger partial charge in [-0.2, -0.15) is 0 Å². The highest BCUT2D eigenvalue weighted by molar-refractivity contribution is 6.34. The summed E-state index contributed by atoms with van der Waals surface area (Å²) in [4.78, 5) is 35.3. The van der Waals surface area contributed by atoms with Crippen molar-refractivity contribution in [2.45, 2.75) is 0 Å². The Morgan fingerprint density at radius 2 is 1.69 bits per heavy atom. The molecule has 29 heavy (non-hydrogen) atoms. The molecule has 0 atom stereocenters. The molecule has 0 aliphatic rings. The van der Waals surface area contributed by atoms with Gasteiger partial charge in [0, 0.05) is 5.56 Å². The Labute approximate surface area is 166 Å². The number of imide groups is 1. The highest BCUT2D eigenvalue weighted by Crippen LogP contribution is 2.29. The number of urea groups is 1. The fourth-order valence-electron chi connectivity index (χ4n) is 2.43. The van der Waals surface area contributed by atoms with Gasteiger partial charge in [0.1, 0.15) is 5.76 Å². The Hall–Kier alpha value is -3.72. The van der Waals surface area contributed by atoms with Gasteiger partial charge in [-0.1, -0.05) is 23.7 Å².